The van der Waals surface area contributed by atoms with E-state index in [9.17, 15) is 31.9 Å². The van der Waals surface area contributed by atoms with Crippen molar-refractivity contribution in [2.45, 2.75) is 58.4 Å². The van der Waals surface area contributed by atoms with E-state index in [4.69, 9.17) is 10.00 Å². The number of rotatable bonds is 5. The van der Waals surface area contributed by atoms with Crippen molar-refractivity contribution in [1.29, 1.82) is 5.26 Å². The topological polar surface area (TPSA) is 104 Å². The Bertz CT molecular complexity index is 1300. The van der Waals surface area contributed by atoms with Crippen LogP contribution in [0.2, 0.25) is 0 Å². The highest BCUT2D eigenvalue weighted by Crippen LogP contribution is 2.39. The highest BCUT2D eigenvalue weighted by molar-refractivity contribution is 6.30. The van der Waals surface area contributed by atoms with Crippen molar-refractivity contribution in [3.8, 4) is 6.07 Å². The van der Waals surface area contributed by atoms with E-state index in [0.29, 0.717) is 17.4 Å². The molecule has 1 aliphatic rings. The minimum absolute atomic E-state index is 0.109. The Hall–Kier alpha value is -4.01. The molecule has 0 atom stereocenters. The lowest BCUT2D eigenvalue weighted by atomic mass is 10.0. The average Bonchev–Trinajstić information content (AvgIpc) is 2.95. The van der Waals surface area contributed by atoms with Gasteiger partial charge in [-0.25, -0.2) is 23.9 Å². The molecule has 0 bridgehead atoms. The molecule has 1 aromatic carbocycles. The summed E-state index contributed by atoms with van der Waals surface area (Å²) in [6, 6.07) is 3.93. The van der Waals surface area contributed by atoms with Gasteiger partial charge in [0, 0.05) is 5.69 Å². The normalized spacial score (nSPS) is 15.8. The van der Waals surface area contributed by atoms with Crippen molar-refractivity contribution in [2.75, 3.05) is 9.80 Å². The van der Waals surface area contributed by atoms with Crippen LogP contribution in [-0.2, 0) is 15.7 Å². The van der Waals surface area contributed by atoms with Crippen molar-refractivity contribution < 1.29 is 36.7 Å². The lowest BCUT2D eigenvalue weighted by Gasteiger charge is -2.28. The summed E-state index contributed by atoms with van der Waals surface area (Å²) in [6.07, 6.45) is -3.68. The van der Waals surface area contributed by atoms with Gasteiger partial charge in [-0.15, -0.1) is 0 Å². The number of nitriles is 1. The lowest BCUT2D eigenvalue weighted by molar-refractivity contribution is -0.138. The summed E-state index contributed by atoms with van der Waals surface area (Å²) in [4.78, 5) is 43.6. The van der Waals surface area contributed by atoms with Gasteiger partial charge in [0.15, 0.2) is 5.69 Å². The van der Waals surface area contributed by atoms with Crippen LogP contribution in [0.1, 0.15) is 62.7 Å². The van der Waals surface area contributed by atoms with E-state index in [1.807, 2.05) is 0 Å². The van der Waals surface area contributed by atoms with Gasteiger partial charge in [-0.1, -0.05) is 6.92 Å². The van der Waals surface area contributed by atoms with E-state index in [0.717, 1.165) is 23.2 Å². The summed E-state index contributed by atoms with van der Waals surface area (Å²) in [5.41, 5.74) is -5.81. The SMILES string of the molecule is CCC(C)(C)OC(=O)c1ccc(N2C(=O)N(c3cnc(C#N)c(C(F)(F)F)c3)C(=O)C2(C)C)cc1F. The number of anilines is 2. The van der Waals surface area contributed by atoms with Gasteiger partial charge in [-0.2, -0.15) is 18.4 Å². The zero-order chi connectivity index (χ0) is 27.2. The van der Waals surface area contributed by atoms with Crippen LogP contribution in [0.4, 0.5) is 33.7 Å². The van der Waals surface area contributed by atoms with Gasteiger partial charge >= 0.3 is 18.2 Å². The van der Waals surface area contributed by atoms with E-state index >= 15 is 0 Å². The quantitative estimate of drug-likeness (QED) is 0.313. The number of ether oxygens (including phenoxy) is 1. The van der Waals surface area contributed by atoms with Crippen molar-refractivity contribution in [1.82, 2.24) is 4.98 Å². The second kappa shape index (κ2) is 8.89. The van der Waals surface area contributed by atoms with E-state index in [1.54, 1.807) is 20.8 Å². The number of benzene rings is 1. The fraction of sp³-hybridized carbons (Fsp3) is 0.375. The van der Waals surface area contributed by atoms with Gasteiger partial charge in [-0.05, 0) is 58.4 Å². The van der Waals surface area contributed by atoms with Gasteiger partial charge in [-0.3, -0.25) is 9.69 Å². The molecule has 3 amide bonds. The van der Waals surface area contributed by atoms with Gasteiger partial charge in [0.05, 0.1) is 23.0 Å². The number of pyridine rings is 1. The summed E-state index contributed by atoms with van der Waals surface area (Å²) in [7, 11) is 0. The van der Waals surface area contributed by atoms with Gasteiger partial charge in [0.1, 0.15) is 23.0 Å². The van der Waals surface area contributed by atoms with Crippen molar-refractivity contribution in [2.24, 2.45) is 0 Å². The first-order valence-electron chi connectivity index (χ1n) is 10.7. The molecule has 1 aromatic heterocycles. The van der Waals surface area contributed by atoms with E-state index in [1.165, 1.54) is 26.0 Å². The molecule has 190 valence electrons. The minimum atomic E-state index is -4.96. The molecule has 2 aromatic rings. The van der Waals surface area contributed by atoms with Crippen molar-refractivity contribution >= 4 is 29.3 Å². The smallest absolute Gasteiger partial charge is 0.419 e. The second-order valence-corrected chi connectivity index (χ2v) is 9.18. The first-order valence-corrected chi connectivity index (χ1v) is 10.7. The Labute approximate surface area is 204 Å². The maximum atomic E-state index is 14.9. The molecule has 1 fully saturated rings. The molecule has 0 unspecified atom stereocenters. The fourth-order valence-electron chi connectivity index (χ4n) is 3.52. The molecule has 2 heterocycles. The number of hydrogen-bond acceptors (Lipinski definition) is 6. The van der Waals surface area contributed by atoms with Gasteiger partial charge in [0.25, 0.3) is 5.91 Å². The summed E-state index contributed by atoms with van der Waals surface area (Å²) in [5.74, 6) is -2.84. The number of alkyl halides is 3. The fourth-order valence-corrected chi connectivity index (χ4v) is 3.52. The highest BCUT2D eigenvalue weighted by atomic mass is 19.4. The number of carbonyl (C=O) groups is 3. The molecular weight excluding hydrogens is 484 g/mol. The van der Waals surface area contributed by atoms with Crippen LogP contribution in [0.3, 0.4) is 0 Å². The highest BCUT2D eigenvalue weighted by Gasteiger charge is 2.53. The van der Waals surface area contributed by atoms with Crippen LogP contribution in [0.15, 0.2) is 30.5 Å². The number of esters is 1. The van der Waals surface area contributed by atoms with Crippen LogP contribution in [0.25, 0.3) is 0 Å². The summed E-state index contributed by atoms with van der Waals surface area (Å²) in [6.45, 7) is 7.77. The monoisotopic (exact) mass is 506 g/mol. The average molecular weight is 506 g/mol. The van der Waals surface area contributed by atoms with Crippen LogP contribution in [0, 0.1) is 17.1 Å². The first kappa shape index (κ1) is 26.6. The van der Waals surface area contributed by atoms with E-state index in [2.05, 4.69) is 4.98 Å². The summed E-state index contributed by atoms with van der Waals surface area (Å²) >= 11 is 0. The zero-order valence-electron chi connectivity index (χ0n) is 20.0. The maximum absolute atomic E-state index is 14.9. The van der Waals surface area contributed by atoms with Crippen molar-refractivity contribution in [3.63, 3.8) is 0 Å². The molecule has 0 spiro atoms. The minimum Gasteiger partial charge on any atom is -0.456 e. The maximum Gasteiger partial charge on any atom is 0.419 e. The summed E-state index contributed by atoms with van der Waals surface area (Å²) < 4.78 is 60.4. The molecule has 0 saturated carbocycles. The Morgan fingerprint density at radius 1 is 1.17 bits per heavy atom. The molecule has 3 rings (SSSR count). The first-order chi connectivity index (χ1) is 16.5. The Morgan fingerprint density at radius 2 is 1.81 bits per heavy atom. The predicted molar refractivity (Wildman–Crippen MR) is 120 cm³/mol. The molecular formula is C24H22F4N4O4. The summed E-state index contributed by atoms with van der Waals surface area (Å²) in [5, 5.41) is 8.94. The Kier molecular flexibility index (Phi) is 6.57. The molecule has 0 N–H and O–H groups in total. The standard InChI is InChI=1S/C24H22F4N4O4/c1-6-22(2,3)36-19(33)15-8-7-13(10-17(15)25)32-21(35)31(20(34)23(32,4)5)14-9-16(24(26,27)28)18(11-29)30-12-14/h7-10,12H,6H2,1-5H3. The number of carbonyl (C=O) groups excluding carboxylic acids is 3. The van der Waals surface area contributed by atoms with Crippen LogP contribution in [0.5, 0.6) is 0 Å². The molecule has 36 heavy (non-hydrogen) atoms. The predicted octanol–water partition coefficient (Wildman–Crippen LogP) is 5.21. The number of halogens is 4. The third-order valence-electron chi connectivity index (χ3n) is 5.86. The Morgan fingerprint density at radius 3 is 2.33 bits per heavy atom. The number of nitrogens with zero attached hydrogens (tertiary/aromatic N) is 4. The number of hydrogen-bond donors (Lipinski definition) is 0. The third-order valence-corrected chi connectivity index (χ3v) is 5.86. The molecule has 0 radical (unpaired) electrons. The largest absolute Gasteiger partial charge is 0.456 e. The van der Waals surface area contributed by atoms with Crippen molar-refractivity contribution in [3.05, 3.63) is 53.1 Å². The van der Waals surface area contributed by atoms with Crippen LogP contribution in [-0.4, -0.2) is 34.0 Å². The molecule has 0 aliphatic carbocycles. The van der Waals surface area contributed by atoms with Crippen LogP contribution >= 0.6 is 0 Å². The lowest BCUT2D eigenvalue weighted by Crippen LogP contribution is -2.44. The van der Waals surface area contributed by atoms with Gasteiger partial charge < -0.3 is 4.74 Å². The molecule has 8 nitrogen and oxygen atoms in total. The molecule has 1 saturated heterocycles. The van der Waals surface area contributed by atoms with E-state index < -0.39 is 58.0 Å². The van der Waals surface area contributed by atoms with E-state index in [-0.39, 0.29) is 11.3 Å². The second-order valence-electron chi connectivity index (χ2n) is 9.18. The van der Waals surface area contributed by atoms with Gasteiger partial charge in [0.2, 0.25) is 0 Å². The zero-order valence-corrected chi connectivity index (χ0v) is 20.0. The number of imide groups is 1. The Balaban J connectivity index is 2.02. The molecule has 12 heteroatoms. The number of amides is 3. The third kappa shape index (κ3) is 4.60. The van der Waals surface area contributed by atoms with Crippen LogP contribution < -0.4 is 9.80 Å². The molecule has 1 aliphatic heterocycles. The number of aromatic nitrogens is 1. The number of urea groups is 1.